The monoisotopic (exact) mass is 275 g/mol. The van der Waals surface area contributed by atoms with Gasteiger partial charge < -0.3 is 5.73 Å². The van der Waals surface area contributed by atoms with E-state index in [1.807, 2.05) is 0 Å². The molecule has 1 heterocycles. The molecule has 106 valence electrons. The zero-order chi connectivity index (χ0) is 13.2. The van der Waals surface area contributed by atoms with Crippen LogP contribution in [0.3, 0.4) is 0 Å². The summed E-state index contributed by atoms with van der Waals surface area (Å²) in [5.74, 6) is 0.793. The van der Waals surface area contributed by atoms with Gasteiger partial charge in [0.25, 0.3) is 0 Å². The Bertz CT molecular complexity index is 356. The van der Waals surface area contributed by atoms with Crippen LogP contribution in [0.25, 0.3) is 0 Å². The predicted molar refractivity (Wildman–Crippen MR) is 72.8 cm³/mol. The standard InChI is InChI=1S/C12H25N3O2S/c1-2-12(9-13)14-5-7-15(8-6-14)18(16,17)10-11-3-4-11/h11-12H,2-10,13H2,1H3. The SMILES string of the molecule is CCC(CN)N1CCN(S(=O)(=O)CC2CC2)CC1. The maximum atomic E-state index is 12.1. The zero-order valence-corrected chi connectivity index (χ0v) is 12.0. The first-order valence-corrected chi connectivity index (χ1v) is 8.59. The highest BCUT2D eigenvalue weighted by Crippen LogP contribution is 2.31. The minimum atomic E-state index is -3.01. The molecule has 1 aliphatic heterocycles. The molecule has 2 aliphatic rings. The fourth-order valence-corrected chi connectivity index (χ4v) is 4.47. The quantitative estimate of drug-likeness (QED) is 0.745. The molecule has 6 heteroatoms. The highest BCUT2D eigenvalue weighted by molar-refractivity contribution is 7.89. The van der Waals surface area contributed by atoms with Gasteiger partial charge in [-0.1, -0.05) is 6.92 Å². The minimum absolute atomic E-state index is 0.362. The molecule has 2 rings (SSSR count). The average Bonchev–Trinajstić information content (AvgIpc) is 3.14. The second-order valence-corrected chi connectivity index (χ2v) is 7.47. The van der Waals surface area contributed by atoms with Crippen LogP contribution in [0.15, 0.2) is 0 Å². The van der Waals surface area contributed by atoms with Crippen LogP contribution in [0.1, 0.15) is 26.2 Å². The summed E-state index contributed by atoms with van der Waals surface area (Å²) in [7, 11) is -3.01. The summed E-state index contributed by atoms with van der Waals surface area (Å²) in [6.07, 6.45) is 3.21. The number of hydrogen-bond donors (Lipinski definition) is 1. The molecule has 2 N–H and O–H groups in total. The lowest BCUT2D eigenvalue weighted by Crippen LogP contribution is -2.53. The molecule has 0 aromatic heterocycles. The van der Waals surface area contributed by atoms with E-state index in [0.717, 1.165) is 32.4 Å². The number of hydrogen-bond acceptors (Lipinski definition) is 4. The van der Waals surface area contributed by atoms with Crippen molar-refractivity contribution in [3.05, 3.63) is 0 Å². The Balaban J connectivity index is 1.85. The van der Waals surface area contributed by atoms with Gasteiger partial charge in [0, 0.05) is 38.8 Å². The fourth-order valence-electron chi connectivity index (χ4n) is 2.61. The van der Waals surface area contributed by atoms with E-state index in [0.29, 0.717) is 37.3 Å². The fraction of sp³-hybridized carbons (Fsp3) is 1.00. The lowest BCUT2D eigenvalue weighted by molar-refractivity contribution is 0.137. The third kappa shape index (κ3) is 3.44. The second kappa shape index (κ2) is 5.86. The van der Waals surface area contributed by atoms with Crippen LogP contribution in [0.2, 0.25) is 0 Å². The van der Waals surface area contributed by atoms with Gasteiger partial charge >= 0.3 is 0 Å². The summed E-state index contributed by atoms with van der Waals surface area (Å²) in [6, 6.07) is 0.401. The van der Waals surface area contributed by atoms with Gasteiger partial charge in [0.2, 0.25) is 10.0 Å². The van der Waals surface area contributed by atoms with Gasteiger partial charge in [-0.3, -0.25) is 4.90 Å². The number of nitrogens with two attached hydrogens (primary N) is 1. The van der Waals surface area contributed by atoms with Gasteiger partial charge in [0.15, 0.2) is 0 Å². The van der Waals surface area contributed by atoms with Crippen LogP contribution in [0.5, 0.6) is 0 Å². The Morgan fingerprint density at radius 1 is 1.22 bits per heavy atom. The van der Waals surface area contributed by atoms with Crippen molar-refractivity contribution in [2.45, 2.75) is 32.2 Å². The normalized spacial score (nSPS) is 25.2. The molecule has 0 aromatic rings. The zero-order valence-electron chi connectivity index (χ0n) is 11.2. The van der Waals surface area contributed by atoms with Crippen LogP contribution >= 0.6 is 0 Å². The van der Waals surface area contributed by atoms with E-state index >= 15 is 0 Å². The Labute approximate surface area is 110 Å². The molecular weight excluding hydrogens is 250 g/mol. The van der Waals surface area contributed by atoms with Crippen LogP contribution in [-0.2, 0) is 10.0 Å². The Hall–Kier alpha value is -0.170. The topological polar surface area (TPSA) is 66.6 Å². The van der Waals surface area contributed by atoms with Gasteiger partial charge in [-0.2, -0.15) is 4.31 Å². The highest BCUT2D eigenvalue weighted by atomic mass is 32.2. The number of nitrogens with zero attached hydrogens (tertiary/aromatic N) is 2. The van der Waals surface area contributed by atoms with Gasteiger partial charge in [-0.15, -0.1) is 0 Å². The van der Waals surface area contributed by atoms with Crippen LogP contribution in [0, 0.1) is 5.92 Å². The van der Waals surface area contributed by atoms with Crippen molar-refractivity contribution in [1.29, 1.82) is 0 Å². The molecule has 2 fully saturated rings. The van der Waals surface area contributed by atoms with Crippen molar-refractivity contribution in [3.8, 4) is 0 Å². The molecule has 5 nitrogen and oxygen atoms in total. The first-order valence-electron chi connectivity index (χ1n) is 6.98. The summed E-state index contributed by atoms with van der Waals surface area (Å²) < 4.78 is 25.9. The molecule has 1 saturated carbocycles. The van der Waals surface area contributed by atoms with E-state index in [1.54, 1.807) is 4.31 Å². The predicted octanol–water partition coefficient (Wildman–Crippen LogP) is 0.0811. The van der Waals surface area contributed by atoms with Crippen molar-refractivity contribution in [1.82, 2.24) is 9.21 Å². The Kier molecular flexibility index (Phi) is 4.64. The van der Waals surface area contributed by atoms with E-state index < -0.39 is 10.0 Å². The van der Waals surface area contributed by atoms with Gasteiger partial charge in [0.05, 0.1) is 5.75 Å². The van der Waals surface area contributed by atoms with Crippen molar-refractivity contribution in [2.24, 2.45) is 11.7 Å². The smallest absolute Gasteiger partial charge is 0.214 e. The third-order valence-corrected chi connectivity index (χ3v) is 6.11. The molecule has 0 bridgehead atoms. The highest BCUT2D eigenvalue weighted by Gasteiger charge is 2.34. The molecule has 1 unspecified atom stereocenters. The van der Waals surface area contributed by atoms with Gasteiger partial charge in [-0.25, -0.2) is 8.42 Å². The van der Waals surface area contributed by atoms with E-state index in [1.165, 1.54) is 0 Å². The second-order valence-electron chi connectivity index (χ2n) is 5.45. The minimum Gasteiger partial charge on any atom is -0.329 e. The maximum Gasteiger partial charge on any atom is 0.214 e. The number of rotatable bonds is 6. The van der Waals surface area contributed by atoms with Crippen molar-refractivity contribution < 1.29 is 8.42 Å². The van der Waals surface area contributed by atoms with Gasteiger partial charge in [0.1, 0.15) is 0 Å². The molecule has 0 radical (unpaired) electrons. The van der Waals surface area contributed by atoms with Gasteiger partial charge in [-0.05, 0) is 25.2 Å². The van der Waals surface area contributed by atoms with E-state index in [9.17, 15) is 8.42 Å². The Morgan fingerprint density at radius 2 is 1.83 bits per heavy atom. The number of piperazine rings is 1. The van der Waals surface area contributed by atoms with Crippen LogP contribution < -0.4 is 5.73 Å². The number of sulfonamides is 1. The van der Waals surface area contributed by atoms with E-state index in [-0.39, 0.29) is 0 Å². The molecule has 1 atom stereocenters. The first kappa shape index (κ1) is 14.2. The summed E-state index contributed by atoms with van der Waals surface area (Å²) in [5, 5.41) is 0. The van der Waals surface area contributed by atoms with Crippen molar-refractivity contribution >= 4 is 10.0 Å². The molecule has 18 heavy (non-hydrogen) atoms. The molecule has 0 spiro atoms. The van der Waals surface area contributed by atoms with Crippen LogP contribution in [0.4, 0.5) is 0 Å². The first-order chi connectivity index (χ1) is 8.56. The Morgan fingerprint density at radius 3 is 2.28 bits per heavy atom. The lowest BCUT2D eigenvalue weighted by atomic mass is 10.1. The van der Waals surface area contributed by atoms with E-state index in [4.69, 9.17) is 5.73 Å². The molecule has 0 amide bonds. The van der Waals surface area contributed by atoms with Crippen molar-refractivity contribution in [2.75, 3.05) is 38.5 Å². The summed E-state index contributed by atoms with van der Waals surface area (Å²) in [6.45, 7) is 5.69. The molecule has 1 aliphatic carbocycles. The third-order valence-electron chi connectivity index (χ3n) is 4.07. The van der Waals surface area contributed by atoms with E-state index in [2.05, 4.69) is 11.8 Å². The summed E-state index contributed by atoms with van der Waals surface area (Å²) in [4.78, 5) is 2.32. The van der Waals surface area contributed by atoms with Crippen molar-refractivity contribution in [3.63, 3.8) is 0 Å². The molecule has 1 saturated heterocycles. The lowest BCUT2D eigenvalue weighted by Gasteiger charge is -2.38. The average molecular weight is 275 g/mol. The maximum absolute atomic E-state index is 12.1. The summed E-state index contributed by atoms with van der Waals surface area (Å²) in [5.41, 5.74) is 5.74. The molecule has 0 aromatic carbocycles. The van der Waals surface area contributed by atoms with Crippen LogP contribution in [-0.4, -0.2) is 62.1 Å². The largest absolute Gasteiger partial charge is 0.329 e. The summed E-state index contributed by atoms with van der Waals surface area (Å²) >= 11 is 0. The molecular formula is C12H25N3O2S.